The topological polar surface area (TPSA) is 9.23 Å². The van der Waals surface area contributed by atoms with Gasteiger partial charge in [-0.25, -0.2) is 0 Å². The Morgan fingerprint density at radius 1 is 1.00 bits per heavy atom. The van der Waals surface area contributed by atoms with Crippen molar-refractivity contribution in [2.24, 2.45) is 0 Å². The van der Waals surface area contributed by atoms with Crippen LogP contribution in [0.1, 0.15) is 59.8 Å². The van der Waals surface area contributed by atoms with Crippen LogP contribution < -0.4 is 0 Å². The van der Waals surface area contributed by atoms with E-state index in [0.717, 1.165) is 19.4 Å². The van der Waals surface area contributed by atoms with Crippen molar-refractivity contribution in [2.45, 2.75) is 65.4 Å². The summed E-state index contributed by atoms with van der Waals surface area (Å²) in [5, 5.41) is 0. The summed E-state index contributed by atoms with van der Waals surface area (Å²) in [6.07, 6.45) is 5.72. The van der Waals surface area contributed by atoms with Gasteiger partial charge in [0.05, 0.1) is 12.2 Å². The van der Waals surface area contributed by atoms with E-state index >= 15 is 0 Å². The highest BCUT2D eigenvalue weighted by molar-refractivity contribution is 4.98. The van der Waals surface area contributed by atoms with Crippen LogP contribution in [0, 0.1) is 11.8 Å². The minimum absolute atomic E-state index is 0.0239. The van der Waals surface area contributed by atoms with Gasteiger partial charge < -0.3 is 4.74 Å². The van der Waals surface area contributed by atoms with Gasteiger partial charge in [0.15, 0.2) is 0 Å². The van der Waals surface area contributed by atoms with Crippen LogP contribution in [-0.4, -0.2) is 12.2 Å². The molecule has 0 aromatic carbocycles. The maximum Gasteiger partial charge on any atom is 0.0598 e. The molecule has 1 heteroatoms. The van der Waals surface area contributed by atoms with E-state index in [0.29, 0.717) is 0 Å². The van der Waals surface area contributed by atoms with Crippen LogP contribution in [0.25, 0.3) is 0 Å². The van der Waals surface area contributed by atoms with Gasteiger partial charge in [0, 0.05) is 12.8 Å². The van der Waals surface area contributed by atoms with Crippen molar-refractivity contribution in [1.82, 2.24) is 0 Å². The number of hydrogen-bond acceptors (Lipinski definition) is 1. The van der Waals surface area contributed by atoms with Gasteiger partial charge in [-0.1, -0.05) is 19.8 Å². The van der Waals surface area contributed by atoms with Crippen molar-refractivity contribution in [1.29, 1.82) is 0 Å². The highest BCUT2D eigenvalue weighted by atomic mass is 16.5. The molecule has 0 aromatic rings. The lowest BCUT2D eigenvalue weighted by atomic mass is 10.2. The Kier molecular flexibility index (Phi) is 7.61. The Labute approximate surface area is 89.2 Å². The molecule has 0 aliphatic rings. The fourth-order valence-electron chi connectivity index (χ4n) is 1.05. The van der Waals surface area contributed by atoms with Crippen molar-refractivity contribution in [3.8, 4) is 11.8 Å². The van der Waals surface area contributed by atoms with Gasteiger partial charge >= 0.3 is 0 Å². The van der Waals surface area contributed by atoms with E-state index in [9.17, 15) is 0 Å². The summed E-state index contributed by atoms with van der Waals surface area (Å²) < 4.78 is 5.55. The lowest BCUT2D eigenvalue weighted by molar-refractivity contribution is 0.000593. The van der Waals surface area contributed by atoms with E-state index in [2.05, 4.69) is 39.5 Å². The third-order valence-electron chi connectivity index (χ3n) is 1.79. The molecule has 0 saturated carbocycles. The fourth-order valence-corrected chi connectivity index (χ4v) is 1.05. The van der Waals surface area contributed by atoms with Crippen molar-refractivity contribution < 1.29 is 4.74 Å². The van der Waals surface area contributed by atoms with E-state index in [1.54, 1.807) is 0 Å². The highest BCUT2D eigenvalue weighted by Gasteiger charge is 2.07. The molecule has 0 bridgehead atoms. The minimum atomic E-state index is -0.0239. The average Bonchev–Trinajstić information content (AvgIpc) is 2.08. The van der Waals surface area contributed by atoms with Gasteiger partial charge in [-0.05, 0) is 27.2 Å². The lowest BCUT2D eigenvalue weighted by Gasteiger charge is -2.18. The predicted octanol–water partition coefficient (Wildman–Crippen LogP) is 3.78. The molecule has 0 heterocycles. The van der Waals surface area contributed by atoms with Crippen molar-refractivity contribution in [2.75, 3.05) is 6.61 Å². The zero-order chi connectivity index (χ0) is 10.9. The van der Waals surface area contributed by atoms with E-state index < -0.39 is 0 Å². The highest BCUT2D eigenvalue weighted by Crippen LogP contribution is 2.06. The van der Waals surface area contributed by atoms with Crippen molar-refractivity contribution in [3.63, 3.8) is 0 Å². The molecule has 0 saturated heterocycles. The second-order valence-corrected chi connectivity index (χ2v) is 4.52. The SMILES string of the molecule is CCCCCC#CCCOC(C)(C)C. The third kappa shape index (κ3) is 11.5. The van der Waals surface area contributed by atoms with E-state index in [1.165, 1.54) is 19.3 Å². The number of hydrogen-bond donors (Lipinski definition) is 0. The van der Waals surface area contributed by atoms with Crippen LogP contribution in [0.5, 0.6) is 0 Å². The molecule has 0 rings (SSSR count). The molecule has 14 heavy (non-hydrogen) atoms. The molecule has 0 spiro atoms. The van der Waals surface area contributed by atoms with Crippen LogP contribution >= 0.6 is 0 Å². The average molecular weight is 196 g/mol. The maximum absolute atomic E-state index is 5.55. The fraction of sp³-hybridized carbons (Fsp3) is 0.846. The molecule has 0 aromatic heterocycles. The van der Waals surface area contributed by atoms with Gasteiger partial charge in [0.25, 0.3) is 0 Å². The van der Waals surface area contributed by atoms with Crippen LogP contribution in [0.3, 0.4) is 0 Å². The zero-order valence-corrected chi connectivity index (χ0v) is 10.2. The Bertz CT molecular complexity index is 178. The number of rotatable bonds is 5. The first-order valence-electron chi connectivity index (χ1n) is 5.66. The Hall–Kier alpha value is -0.480. The smallest absolute Gasteiger partial charge is 0.0598 e. The van der Waals surface area contributed by atoms with Gasteiger partial charge in [-0.3, -0.25) is 0 Å². The molecule has 0 radical (unpaired) electrons. The lowest BCUT2D eigenvalue weighted by Crippen LogP contribution is -2.19. The molecule has 82 valence electrons. The molecular weight excluding hydrogens is 172 g/mol. The quantitative estimate of drug-likeness (QED) is 0.480. The zero-order valence-electron chi connectivity index (χ0n) is 10.2. The summed E-state index contributed by atoms with van der Waals surface area (Å²) in [6, 6.07) is 0. The second-order valence-electron chi connectivity index (χ2n) is 4.52. The van der Waals surface area contributed by atoms with E-state index in [-0.39, 0.29) is 5.60 Å². The first-order chi connectivity index (χ1) is 6.56. The van der Waals surface area contributed by atoms with Crippen LogP contribution in [-0.2, 0) is 4.74 Å². The summed E-state index contributed by atoms with van der Waals surface area (Å²) in [5.74, 6) is 6.32. The maximum atomic E-state index is 5.55. The summed E-state index contributed by atoms with van der Waals surface area (Å²) in [6.45, 7) is 9.18. The molecule has 0 aliphatic heterocycles. The van der Waals surface area contributed by atoms with Gasteiger partial charge in [-0.15, -0.1) is 11.8 Å². The second kappa shape index (κ2) is 7.88. The van der Waals surface area contributed by atoms with Gasteiger partial charge in [0.1, 0.15) is 0 Å². The normalized spacial score (nSPS) is 10.9. The molecule has 1 nitrogen and oxygen atoms in total. The van der Waals surface area contributed by atoms with Crippen LogP contribution in [0.15, 0.2) is 0 Å². The Balaban J connectivity index is 3.26. The molecule has 0 N–H and O–H groups in total. The standard InChI is InChI=1S/C13H24O/c1-5-6-7-8-9-10-11-12-14-13(2,3)4/h5-8,11-12H2,1-4H3. The van der Waals surface area contributed by atoms with Crippen LogP contribution in [0.2, 0.25) is 0 Å². The Morgan fingerprint density at radius 2 is 1.64 bits per heavy atom. The first kappa shape index (κ1) is 13.5. The number of ether oxygens (including phenoxy) is 1. The molecular formula is C13H24O. The molecule has 0 unspecified atom stereocenters. The predicted molar refractivity (Wildman–Crippen MR) is 62.2 cm³/mol. The molecule has 0 aliphatic carbocycles. The minimum Gasteiger partial charge on any atom is -0.375 e. The number of unbranched alkanes of at least 4 members (excludes halogenated alkanes) is 3. The summed E-state index contributed by atoms with van der Waals surface area (Å²) in [7, 11) is 0. The molecule has 0 amide bonds. The van der Waals surface area contributed by atoms with E-state index in [4.69, 9.17) is 4.74 Å². The summed E-state index contributed by atoms with van der Waals surface area (Å²) >= 11 is 0. The van der Waals surface area contributed by atoms with Gasteiger partial charge in [-0.2, -0.15) is 0 Å². The molecule has 0 atom stereocenters. The Morgan fingerprint density at radius 3 is 2.21 bits per heavy atom. The van der Waals surface area contributed by atoms with Gasteiger partial charge in [0.2, 0.25) is 0 Å². The summed E-state index contributed by atoms with van der Waals surface area (Å²) in [5.41, 5.74) is -0.0239. The third-order valence-corrected chi connectivity index (χ3v) is 1.79. The summed E-state index contributed by atoms with van der Waals surface area (Å²) in [4.78, 5) is 0. The first-order valence-corrected chi connectivity index (χ1v) is 5.66. The van der Waals surface area contributed by atoms with Crippen molar-refractivity contribution in [3.05, 3.63) is 0 Å². The van der Waals surface area contributed by atoms with E-state index in [1.807, 2.05) is 0 Å². The largest absolute Gasteiger partial charge is 0.375 e. The van der Waals surface area contributed by atoms with Crippen molar-refractivity contribution >= 4 is 0 Å². The van der Waals surface area contributed by atoms with Crippen LogP contribution in [0.4, 0.5) is 0 Å². The monoisotopic (exact) mass is 196 g/mol. The molecule has 0 fully saturated rings.